The number of nitrogen functional groups attached to an aromatic ring is 1. The molecule has 1 heterocycles. The number of halogens is 1. The van der Waals surface area contributed by atoms with Crippen molar-refractivity contribution in [2.24, 2.45) is 0 Å². The summed E-state index contributed by atoms with van der Waals surface area (Å²) in [5.41, 5.74) is 6.00. The maximum absolute atomic E-state index is 12.9. The normalized spacial score (nSPS) is 15.7. The second-order valence-electron chi connectivity index (χ2n) is 3.33. The summed E-state index contributed by atoms with van der Waals surface area (Å²) in [6.45, 7) is 1.04. The molecule has 0 aliphatic carbocycles. The molecule has 0 spiro atoms. The van der Waals surface area contributed by atoms with E-state index in [1.54, 1.807) is 0 Å². The molecule has 1 fully saturated rings. The highest BCUT2D eigenvalue weighted by Crippen LogP contribution is 2.18. The zero-order chi connectivity index (χ0) is 10.8. The van der Waals surface area contributed by atoms with E-state index in [9.17, 15) is 9.18 Å². The van der Waals surface area contributed by atoms with Gasteiger partial charge in [-0.1, -0.05) is 0 Å². The molecule has 1 aliphatic heterocycles. The fourth-order valence-corrected chi connectivity index (χ4v) is 1.46. The molecule has 0 saturated carbocycles. The SMILES string of the molecule is Nc1ccc(F)cc1C(=O)N1CCCO1. The first-order valence-corrected chi connectivity index (χ1v) is 4.68. The van der Waals surface area contributed by atoms with Gasteiger partial charge in [0.2, 0.25) is 0 Å². The van der Waals surface area contributed by atoms with Gasteiger partial charge in [-0.05, 0) is 24.6 Å². The Bertz CT molecular complexity index is 389. The third kappa shape index (κ3) is 1.92. The van der Waals surface area contributed by atoms with Gasteiger partial charge in [0, 0.05) is 5.69 Å². The number of nitrogens with zero attached hydrogens (tertiary/aromatic N) is 1. The highest BCUT2D eigenvalue weighted by molar-refractivity contribution is 5.98. The van der Waals surface area contributed by atoms with E-state index in [1.807, 2.05) is 0 Å². The van der Waals surface area contributed by atoms with Gasteiger partial charge in [-0.15, -0.1) is 0 Å². The molecule has 0 atom stereocenters. The Balaban J connectivity index is 2.27. The molecule has 1 aliphatic rings. The number of rotatable bonds is 1. The first-order chi connectivity index (χ1) is 7.18. The van der Waals surface area contributed by atoms with Crippen LogP contribution in [0.1, 0.15) is 16.8 Å². The Labute approximate surface area is 86.4 Å². The third-order valence-electron chi connectivity index (χ3n) is 2.22. The summed E-state index contributed by atoms with van der Waals surface area (Å²) in [5.74, 6) is -0.865. The van der Waals surface area contributed by atoms with Crippen molar-refractivity contribution in [1.29, 1.82) is 0 Å². The molecule has 1 aromatic rings. The maximum Gasteiger partial charge on any atom is 0.279 e. The number of amides is 1. The van der Waals surface area contributed by atoms with Crippen molar-refractivity contribution in [1.82, 2.24) is 5.06 Å². The van der Waals surface area contributed by atoms with Gasteiger partial charge in [-0.2, -0.15) is 0 Å². The lowest BCUT2D eigenvalue weighted by atomic mass is 10.1. The average molecular weight is 210 g/mol. The summed E-state index contributed by atoms with van der Waals surface area (Å²) in [5, 5.41) is 1.21. The van der Waals surface area contributed by atoms with E-state index in [0.29, 0.717) is 13.2 Å². The highest BCUT2D eigenvalue weighted by Gasteiger charge is 2.22. The second-order valence-corrected chi connectivity index (χ2v) is 3.33. The number of carbonyl (C=O) groups excluding carboxylic acids is 1. The van der Waals surface area contributed by atoms with Crippen molar-refractivity contribution in [3.63, 3.8) is 0 Å². The summed E-state index contributed by atoms with van der Waals surface area (Å²) in [6, 6.07) is 3.72. The Morgan fingerprint density at radius 2 is 2.33 bits per heavy atom. The molecule has 0 bridgehead atoms. The number of nitrogens with two attached hydrogens (primary N) is 1. The number of benzene rings is 1. The first kappa shape index (κ1) is 9.92. The van der Waals surface area contributed by atoms with Crippen LogP contribution in [0.15, 0.2) is 18.2 Å². The van der Waals surface area contributed by atoms with Crippen LogP contribution in [0, 0.1) is 5.82 Å². The Morgan fingerprint density at radius 3 is 3.00 bits per heavy atom. The van der Waals surface area contributed by atoms with Crippen LogP contribution in [0.3, 0.4) is 0 Å². The van der Waals surface area contributed by atoms with Crippen molar-refractivity contribution in [2.75, 3.05) is 18.9 Å². The Hall–Kier alpha value is -1.62. The zero-order valence-electron chi connectivity index (χ0n) is 8.07. The molecule has 5 heteroatoms. The van der Waals surface area contributed by atoms with Crippen molar-refractivity contribution >= 4 is 11.6 Å². The molecule has 2 N–H and O–H groups in total. The fourth-order valence-electron chi connectivity index (χ4n) is 1.46. The number of anilines is 1. The monoisotopic (exact) mass is 210 g/mol. The molecule has 2 rings (SSSR count). The standard InChI is InChI=1S/C10H11FN2O2/c11-7-2-3-9(12)8(6-7)10(14)13-4-1-5-15-13/h2-3,6H,1,4-5,12H2. The topological polar surface area (TPSA) is 55.6 Å². The smallest absolute Gasteiger partial charge is 0.279 e. The van der Waals surface area contributed by atoms with Crippen molar-refractivity contribution in [3.8, 4) is 0 Å². The number of hydroxylamine groups is 2. The van der Waals surface area contributed by atoms with Crippen LogP contribution in [0.5, 0.6) is 0 Å². The van der Waals surface area contributed by atoms with Crippen LogP contribution in [-0.4, -0.2) is 24.1 Å². The lowest BCUT2D eigenvalue weighted by molar-refractivity contribution is -0.0767. The van der Waals surface area contributed by atoms with Gasteiger partial charge in [0.1, 0.15) is 5.82 Å². The van der Waals surface area contributed by atoms with Gasteiger partial charge in [-0.25, -0.2) is 9.45 Å². The Morgan fingerprint density at radius 1 is 1.53 bits per heavy atom. The molecule has 4 nitrogen and oxygen atoms in total. The zero-order valence-corrected chi connectivity index (χ0v) is 8.07. The fraction of sp³-hybridized carbons (Fsp3) is 0.300. The highest BCUT2D eigenvalue weighted by atomic mass is 19.1. The largest absolute Gasteiger partial charge is 0.398 e. The van der Waals surface area contributed by atoms with E-state index in [-0.39, 0.29) is 17.2 Å². The van der Waals surface area contributed by atoms with E-state index in [0.717, 1.165) is 12.5 Å². The molecule has 15 heavy (non-hydrogen) atoms. The predicted molar refractivity (Wildman–Crippen MR) is 52.4 cm³/mol. The van der Waals surface area contributed by atoms with Crippen molar-refractivity contribution in [2.45, 2.75) is 6.42 Å². The van der Waals surface area contributed by atoms with Crippen LogP contribution in [0.2, 0.25) is 0 Å². The average Bonchev–Trinajstić information content (AvgIpc) is 2.74. The summed E-state index contributed by atoms with van der Waals surface area (Å²) in [7, 11) is 0. The van der Waals surface area contributed by atoms with Crippen LogP contribution in [-0.2, 0) is 4.84 Å². The molecule has 1 saturated heterocycles. The minimum Gasteiger partial charge on any atom is -0.398 e. The predicted octanol–water partition coefficient (Wildman–Crippen LogP) is 1.19. The van der Waals surface area contributed by atoms with Gasteiger partial charge in [0.25, 0.3) is 5.91 Å². The third-order valence-corrected chi connectivity index (χ3v) is 2.22. The minimum atomic E-state index is -0.480. The molecule has 0 radical (unpaired) electrons. The van der Waals surface area contributed by atoms with Crippen molar-refractivity contribution < 1.29 is 14.0 Å². The lowest BCUT2D eigenvalue weighted by Crippen LogP contribution is -2.27. The molecular weight excluding hydrogens is 199 g/mol. The van der Waals surface area contributed by atoms with E-state index in [2.05, 4.69) is 0 Å². The minimum absolute atomic E-state index is 0.150. The second kappa shape index (κ2) is 3.86. The summed E-state index contributed by atoms with van der Waals surface area (Å²) < 4.78 is 12.9. The first-order valence-electron chi connectivity index (χ1n) is 4.68. The van der Waals surface area contributed by atoms with Crippen LogP contribution >= 0.6 is 0 Å². The van der Waals surface area contributed by atoms with Gasteiger partial charge in [-0.3, -0.25) is 9.63 Å². The summed E-state index contributed by atoms with van der Waals surface area (Å²) in [4.78, 5) is 16.8. The molecule has 0 aromatic heterocycles. The molecular formula is C10H11FN2O2. The van der Waals surface area contributed by atoms with Gasteiger partial charge < -0.3 is 5.73 Å². The summed E-state index contributed by atoms with van der Waals surface area (Å²) >= 11 is 0. The maximum atomic E-state index is 12.9. The number of carbonyl (C=O) groups is 1. The van der Waals surface area contributed by atoms with Crippen LogP contribution in [0.25, 0.3) is 0 Å². The van der Waals surface area contributed by atoms with Gasteiger partial charge in [0.15, 0.2) is 0 Å². The molecule has 80 valence electrons. The Kier molecular flexibility index (Phi) is 2.55. The van der Waals surface area contributed by atoms with Gasteiger partial charge in [0.05, 0.1) is 18.7 Å². The number of hydrogen-bond donors (Lipinski definition) is 1. The lowest BCUT2D eigenvalue weighted by Gasteiger charge is -2.14. The number of hydrogen-bond acceptors (Lipinski definition) is 3. The van der Waals surface area contributed by atoms with Crippen molar-refractivity contribution in [3.05, 3.63) is 29.6 Å². The van der Waals surface area contributed by atoms with Crippen LogP contribution < -0.4 is 5.73 Å². The summed E-state index contributed by atoms with van der Waals surface area (Å²) in [6.07, 6.45) is 0.793. The van der Waals surface area contributed by atoms with E-state index in [1.165, 1.54) is 17.2 Å². The van der Waals surface area contributed by atoms with Crippen LogP contribution in [0.4, 0.5) is 10.1 Å². The molecule has 1 aromatic carbocycles. The molecule has 1 amide bonds. The van der Waals surface area contributed by atoms with E-state index >= 15 is 0 Å². The quantitative estimate of drug-likeness (QED) is 0.708. The van der Waals surface area contributed by atoms with Gasteiger partial charge >= 0.3 is 0 Å². The van der Waals surface area contributed by atoms with E-state index < -0.39 is 5.82 Å². The van der Waals surface area contributed by atoms with E-state index in [4.69, 9.17) is 10.6 Å². The molecule has 0 unspecified atom stereocenters.